The van der Waals surface area contributed by atoms with Crippen LogP contribution in [0.4, 0.5) is 0 Å². The van der Waals surface area contributed by atoms with Gasteiger partial charge in [-0.3, -0.25) is 4.55 Å². The summed E-state index contributed by atoms with van der Waals surface area (Å²) in [6, 6.07) is 0. The van der Waals surface area contributed by atoms with Crippen molar-refractivity contribution in [3.05, 3.63) is 12.3 Å². The SMILES string of the molecule is CCCCC=COC(=O)C(CCCCCC)OS(=O)(=O)O. The van der Waals surface area contributed by atoms with Gasteiger partial charge in [0.25, 0.3) is 0 Å². The maximum absolute atomic E-state index is 11.7. The maximum Gasteiger partial charge on any atom is 0.398 e. The molecule has 21 heavy (non-hydrogen) atoms. The van der Waals surface area contributed by atoms with Gasteiger partial charge in [0, 0.05) is 0 Å². The number of hydrogen-bond donors (Lipinski definition) is 1. The van der Waals surface area contributed by atoms with Crippen LogP contribution in [0.5, 0.6) is 0 Å². The van der Waals surface area contributed by atoms with E-state index in [1.807, 2.05) is 13.8 Å². The smallest absolute Gasteiger partial charge is 0.398 e. The molecule has 0 amide bonds. The van der Waals surface area contributed by atoms with Crippen molar-refractivity contribution in [1.82, 2.24) is 0 Å². The molecule has 0 radical (unpaired) electrons. The molecular weight excluding hydrogens is 296 g/mol. The minimum absolute atomic E-state index is 0.196. The topological polar surface area (TPSA) is 89.9 Å². The van der Waals surface area contributed by atoms with Crippen LogP contribution >= 0.6 is 0 Å². The van der Waals surface area contributed by atoms with Gasteiger partial charge in [0.15, 0.2) is 6.10 Å². The third-order valence-corrected chi connectivity index (χ3v) is 3.30. The van der Waals surface area contributed by atoms with Crippen LogP contribution in [0.25, 0.3) is 0 Å². The molecule has 0 aliphatic rings. The van der Waals surface area contributed by atoms with E-state index in [-0.39, 0.29) is 6.42 Å². The van der Waals surface area contributed by atoms with Crippen LogP contribution < -0.4 is 0 Å². The molecule has 0 rings (SSSR count). The maximum atomic E-state index is 11.7. The van der Waals surface area contributed by atoms with Crippen molar-refractivity contribution in [2.75, 3.05) is 0 Å². The van der Waals surface area contributed by atoms with Crippen LogP contribution in [0.15, 0.2) is 12.3 Å². The predicted octanol–water partition coefficient (Wildman–Crippen LogP) is 3.39. The van der Waals surface area contributed by atoms with Crippen LogP contribution in [-0.2, 0) is 24.1 Å². The molecule has 1 atom stereocenters. The monoisotopic (exact) mass is 322 g/mol. The van der Waals surface area contributed by atoms with E-state index in [1.54, 1.807) is 6.08 Å². The second kappa shape index (κ2) is 11.7. The van der Waals surface area contributed by atoms with Crippen molar-refractivity contribution >= 4 is 16.4 Å². The van der Waals surface area contributed by atoms with Gasteiger partial charge < -0.3 is 4.74 Å². The van der Waals surface area contributed by atoms with Gasteiger partial charge in [-0.1, -0.05) is 46.0 Å². The van der Waals surface area contributed by atoms with Crippen LogP contribution in [0, 0.1) is 0 Å². The molecule has 0 aromatic heterocycles. The minimum Gasteiger partial charge on any atom is -0.433 e. The Balaban J connectivity index is 4.34. The summed E-state index contributed by atoms with van der Waals surface area (Å²) in [5.74, 6) is -0.808. The summed E-state index contributed by atoms with van der Waals surface area (Å²) in [4.78, 5) is 11.7. The van der Waals surface area contributed by atoms with Gasteiger partial charge in [0.1, 0.15) is 0 Å². The fourth-order valence-corrected chi connectivity index (χ4v) is 2.16. The molecule has 7 heteroatoms. The normalized spacial score (nSPS) is 13.5. The number of ether oxygens (including phenoxy) is 1. The highest BCUT2D eigenvalue weighted by molar-refractivity contribution is 7.80. The molecule has 0 bridgehead atoms. The zero-order chi connectivity index (χ0) is 16.1. The first kappa shape index (κ1) is 20.1. The Hall–Kier alpha value is -0.920. The summed E-state index contributed by atoms with van der Waals surface area (Å²) in [5, 5.41) is 0. The minimum atomic E-state index is -4.68. The van der Waals surface area contributed by atoms with Crippen molar-refractivity contribution in [3.63, 3.8) is 0 Å². The highest BCUT2D eigenvalue weighted by atomic mass is 32.3. The summed E-state index contributed by atoms with van der Waals surface area (Å²) >= 11 is 0. The van der Waals surface area contributed by atoms with E-state index in [9.17, 15) is 13.2 Å². The van der Waals surface area contributed by atoms with E-state index in [1.165, 1.54) is 6.26 Å². The molecule has 0 aromatic carbocycles. The summed E-state index contributed by atoms with van der Waals surface area (Å²) in [6.07, 6.45) is 8.13. The molecular formula is C14H26O6S. The van der Waals surface area contributed by atoms with E-state index in [0.717, 1.165) is 38.5 Å². The largest absolute Gasteiger partial charge is 0.433 e. The number of esters is 1. The Morgan fingerprint density at radius 1 is 1.14 bits per heavy atom. The lowest BCUT2D eigenvalue weighted by atomic mass is 10.1. The lowest BCUT2D eigenvalue weighted by molar-refractivity contribution is -0.146. The van der Waals surface area contributed by atoms with Crippen molar-refractivity contribution in [2.45, 2.75) is 71.3 Å². The molecule has 6 nitrogen and oxygen atoms in total. The first-order valence-electron chi connectivity index (χ1n) is 7.41. The van der Waals surface area contributed by atoms with E-state index in [2.05, 4.69) is 4.18 Å². The Morgan fingerprint density at radius 3 is 2.38 bits per heavy atom. The predicted molar refractivity (Wildman–Crippen MR) is 79.9 cm³/mol. The molecule has 0 saturated carbocycles. The van der Waals surface area contributed by atoms with Crippen LogP contribution in [-0.4, -0.2) is 25.0 Å². The standard InChI is InChI=1S/C14H26O6S/c1-3-5-7-9-11-13(20-21(16,17)18)14(15)19-12-10-8-6-4-2/h10,12-13H,3-9,11H2,1-2H3,(H,16,17,18). The molecule has 0 heterocycles. The molecule has 0 aromatic rings. The Bertz CT molecular complexity index is 402. The van der Waals surface area contributed by atoms with Gasteiger partial charge in [0.05, 0.1) is 6.26 Å². The van der Waals surface area contributed by atoms with Crippen molar-refractivity contribution in [3.8, 4) is 0 Å². The van der Waals surface area contributed by atoms with E-state index < -0.39 is 22.5 Å². The molecule has 0 fully saturated rings. The molecule has 0 aliphatic heterocycles. The Morgan fingerprint density at radius 2 is 1.81 bits per heavy atom. The number of carbonyl (C=O) groups is 1. The zero-order valence-electron chi connectivity index (χ0n) is 12.8. The van der Waals surface area contributed by atoms with E-state index in [4.69, 9.17) is 9.29 Å². The highest BCUT2D eigenvalue weighted by Gasteiger charge is 2.25. The van der Waals surface area contributed by atoms with Gasteiger partial charge in [0.2, 0.25) is 0 Å². The molecule has 1 N–H and O–H groups in total. The van der Waals surface area contributed by atoms with Crippen LogP contribution in [0.2, 0.25) is 0 Å². The van der Waals surface area contributed by atoms with Crippen molar-refractivity contribution in [1.29, 1.82) is 0 Å². The van der Waals surface area contributed by atoms with Gasteiger partial charge in [-0.25, -0.2) is 8.98 Å². The number of unbranched alkanes of at least 4 members (excludes halogenated alkanes) is 5. The lowest BCUT2D eigenvalue weighted by Crippen LogP contribution is -2.28. The fourth-order valence-electron chi connectivity index (χ4n) is 1.69. The summed E-state index contributed by atoms with van der Waals surface area (Å²) in [7, 11) is -4.68. The van der Waals surface area contributed by atoms with Gasteiger partial charge in [-0.2, -0.15) is 8.42 Å². The summed E-state index contributed by atoms with van der Waals surface area (Å²) in [5.41, 5.74) is 0. The quantitative estimate of drug-likeness (QED) is 0.256. The average molecular weight is 322 g/mol. The molecule has 0 spiro atoms. The number of carbonyl (C=O) groups excluding carboxylic acids is 1. The van der Waals surface area contributed by atoms with Gasteiger partial charge >= 0.3 is 16.4 Å². The van der Waals surface area contributed by atoms with Crippen LogP contribution in [0.1, 0.15) is 65.2 Å². The molecule has 124 valence electrons. The van der Waals surface area contributed by atoms with Gasteiger partial charge in [-0.15, -0.1) is 0 Å². The Labute approximate surface area is 127 Å². The summed E-state index contributed by atoms with van der Waals surface area (Å²) < 4.78 is 39.4. The lowest BCUT2D eigenvalue weighted by Gasteiger charge is -2.12. The first-order chi connectivity index (χ1) is 9.90. The molecule has 0 saturated heterocycles. The fraction of sp³-hybridized carbons (Fsp3) is 0.786. The zero-order valence-corrected chi connectivity index (χ0v) is 13.6. The first-order valence-corrected chi connectivity index (χ1v) is 8.78. The molecule has 0 aliphatic carbocycles. The van der Waals surface area contributed by atoms with Crippen LogP contribution in [0.3, 0.4) is 0 Å². The third-order valence-electron chi connectivity index (χ3n) is 2.83. The average Bonchev–Trinajstić information content (AvgIpc) is 2.40. The molecule has 1 unspecified atom stereocenters. The van der Waals surface area contributed by atoms with Crippen molar-refractivity contribution in [2.24, 2.45) is 0 Å². The number of rotatable bonds is 12. The third kappa shape index (κ3) is 12.5. The number of hydrogen-bond acceptors (Lipinski definition) is 5. The van der Waals surface area contributed by atoms with E-state index in [0.29, 0.717) is 6.42 Å². The van der Waals surface area contributed by atoms with Gasteiger partial charge in [-0.05, 0) is 25.3 Å². The summed E-state index contributed by atoms with van der Waals surface area (Å²) in [6.45, 7) is 4.09. The Kier molecular flexibility index (Phi) is 11.2. The second-order valence-corrected chi connectivity index (χ2v) is 5.86. The van der Waals surface area contributed by atoms with Crippen molar-refractivity contribution < 1.29 is 26.7 Å². The van der Waals surface area contributed by atoms with E-state index >= 15 is 0 Å². The number of allylic oxidation sites excluding steroid dienone is 1. The highest BCUT2D eigenvalue weighted by Crippen LogP contribution is 2.12. The second-order valence-electron chi connectivity index (χ2n) is 4.81.